The molecule has 5 nitrogen and oxygen atoms in total. The van der Waals surface area contributed by atoms with E-state index >= 15 is 0 Å². The van der Waals surface area contributed by atoms with Gasteiger partial charge in [0, 0.05) is 30.5 Å². The van der Waals surface area contributed by atoms with Crippen LogP contribution in [-0.2, 0) is 10.5 Å². The maximum Gasteiger partial charge on any atom is 0.206 e. The first-order valence-corrected chi connectivity index (χ1v) is 9.93. The smallest absolute Gasteiger partial charge is 0.206 e. The average Bonchev–Trinajstić information content (AvgIpc) is 3.29. The van der Waals surface area contributed by atoms with E-state index in [1.165, 1.54) is 17.4 Å². The SMILES string of the molecule is Fc1cc(CSc2nnc(NC[C@H]3CCCO3)s2)c2ncccc2c1. The highest BCUT2D eigenvalue weighted by Crippen LogP contribution is 2.30. The minimum Gasteiger partial charge on any atom is -0.376 e. The summed E-state index contributed by atoms with van der Waals surface area (Å²) in [5, 5.41) is 13.2. The second kappa shape index (κ2) is 7.63. The number of hydrogen-bond donors (Lipinski definition) is 1. The van der Waals surface area contributed by atoms with Crippen LogP contribution in [0.2, 0.25) is 0 Å². The minimum atomic E-state index is -0.243. The summed E-state index contributed by atoms with van der Waals surface area (Å²) in [6.45, 7) is 1.61. The molecule has 0 spiro atoms. The Hall–Kier alpha value is -1.77. The predicted molar refractivity (Wildman–Crippen MR) is 98.6 cm³/mol. The van der Waals surface area contributed by atoms with Crippen LogP contribution >= 0.6 is 23.1 Å². The molecule has 0 unspecified atom stereocenters. The van der Waals surface area contributed by atoms with Crippen molar-refractivity contribution in [2.24, 2.45) is 0 Å². The van der Waals surface area contributed by atoms with Crippen molar-refractivity contribution in [3.63, 3.8) is 0 Å². The Balaban J connectivity index is 1.40. The van der Waals surface area contributed by atoms with Gasteiger partial charge in [0.05, 0.1) is 11.6 Å². The molecule has 3 heterocycles. The maximum absolute atomic E-state index is 13.8. The summed E-state index contributed by atoms with van der Waals surface area (Å²) in [7, 11) is 0. The Morgan fingerprint density at radius 2 is 2.32 bits per heavy atom. The number of halogens is 1. The summed E-state index contributed by atoms with van der Waals surface area (Å²) in [6.07, 6.45) is 4.21. The van der Waals surface area contributed by atoms with Gasteiger partial charge in [0.25, 0.3) is 0 Å². The first-order chi connectivity index (χ1) is 12.3. The normalized spacial score (nSPS) is 17.2. The molecule has 25 heavy (non-hydrogen) atoms. The van der Waals surface area contributed by atoms with Crippen LogP contribution in [0.25, 0.3) is 10.9 Å². The largest absolute Gasteiger partial charge is 0.376 e. The van der Waals surface area contributed by atoms with E-state index in [-0.39, 0.29) is 11.9 Å². The van der Waals surface area contributed by atoms with E-state index in [9.17, 15) is 4.39 Å². The molecule has 0 saturated carbocycles. The number of anilines is 1. The van der Waals surface area contributed by atoms with Crippen LogP contribution in [0.5, 0.6) is 0 Å². The number of nitrogens with one attached hydrogen (secondary N) is 1. The van der Waals surface area contributed by atoms with E-state index in [1.54, 1.807) is 24.0 Å². The minimum absolute atomic E-state index is 0.243. The van der Waals surface area contributed by atoms with Crippen molar-refractivity contribution in [3.8, 4) is 0 Å². The summed E-state index contributed by atoms with van der Waals surface area (Å²) >= 11 is 3.05. The van der Waals surface area contributed by atoms with Crippen LogP contribution in [-0.4, -0.2) is 34.4 Å². The van der Waals surface area contributed by atoms with Crippen molar-refractivity contribution in [1.29, 1.82) is 0 Å². The number of rotatable bonds is 6. The van der Waals surface area contributed by atoms with Gasteiger partial charge in [-0.25, -0.2) is 4.39 Å². The van der Waals surface area contributed by atoms with Crippen molar-refractivity contribution >= 4 is 39.1 Å². The van der Waals surface area contributed by atoms with Gasteiger partial charge in [-0.2, -0.15) is 0 Å². The van der Waals surface area contributed by atoms with Gasteiger partial charge in [0.15, 0.2) is 4.34 Å². The molecule has 1 aliphatic heterocycles. The number of hydrogen-bond acceptors (Lipinski definition) is 7. The van der Waals surface area contributed by atoms with Crippen LogP contribution in [0.1, 0.15) is 18.4 Å². The summed E-state index contributed by atoms with van der Waals surface area (Å²) in [5.74, 6) is 0.360. The highest BCUT2D eigenvalue weighted by Gasteiger charge is 2.16. The molecule has 3 aromatic rings. The van der Waals surface area contributed by atoms with Crippen LogP contribution in [0, 0.1) is 5.82 Å². The second-order valence-corrected chi connectivity index (χ2v) is 8.02. The molecule has 130 valence electrons. The van der Waals surface area contributed by atoms with E-state index in [1.807, 2.05) is 12.1 Å². The number of ether oxygens (including phenoxy) is 1. The van der Waals surface area contributed by atoms with Gasteiger partial charge in [-0.1, -0.05) is 29.2 Å². The number of nitrogens with zero attached hydrogens (tertiary/aromatic N) is 3. The van der Waals surface area contributed by atoms with Gasteiger partial charge in [-0.05, 0) is 36.6 Å². The average molecular weight is 376 g/mol. The van der Waals surface area contributed by atoms with Crippen LogP contribution in [0.4, 0.5) is 9.52 Å². The zero-order chi connectivity index (χ0) is 17.1. The van der Waals surface area contributed by atoms with E-state index in [4.69, 9.17) is 4.74 Å². The molecule has 0 aliphatic carbocycles. The fourth-order valence-electron chi connectivity index (χ4n) is 2.82. The molecule has 4 rings (SSSR count). The van der Waals surface area contributed by atoms with Gasteiger partial charge in [-0.15, -0.1) is 10.2 Å². The molecule has 1 aromatic carbocycles. The van der Waals surface area contributed by atoms with E-state index < -0.39 is 0 Å². The summed E-state index contributed by atoms with van der Waals surface area (Å²) in [4.78, 5) is 4.37. The Labute approximate surface area is 153 Å². The molecular formula is C17H17FN4OS2. The molecule has 1 atom stereocenters. The quantitative estimate of drug-likeness (QED) is 0.654. The number of pyridine rings is 1. The highest BCUT2D eigenvalue weighted by atomic mass is 32.2. The van der Waals surface area contributed by atoms with Crippen LogP contribution in [0.3, 0.4) is 0 Å². The third kappa shape index (κ3) is 4.08. The molecule has 1 fully saturated rings. The third-order valence-corrected chi connectivity index (χ3v) is 6.07. The number of aromatic nitrogens is 3. The molecule has 1 saturated heterocycles. The predicted octanol–water partition coefficient (Wildman–Crippen LogP) is 4.11. The lowest BCUT2D eigenvalue weighted by atomic mass is 10.1. The topological polar surface area (TPSA) is 59.9 Å². The van der Waals surface area contributed by atoms with Gasteiger partial charge in [0.2, 0.25) is 5.13 Å². The first kappa shape index (κ1) is 16.7. The number of benzene rings is 1. The standard InChI is InChI=1S/C17H17FN4OS2/c18-13-7-11-3-1-5-19-15(11)12(8-13)10-24-17-22-21-16(25-17)20-9-14-4-2-6-23-14/h1,3,5,7-8,14H,2,4,6,9-10H2,(H,20,21)/t14-/m1/s1. The van der Waals surface area contributed by atoms with Crippen LogP contribution < -0.4 is 5.32 Å². The van der Waals surface area contributed by atoms with Gasteiger partial charge in [0.1, 0.15) is 5.82 Å². The molecule has 0 amide bonds. The van der Waals surface area contributed by atoms with Crippen molar-refractivity contribution < 1.29 is 9.13 Å². The molecule has 2 aromatic heterocycles. The third-order valence-electron chi connectivity index (χ3n) is 4.01. The number of thioether (sulfide) groups is 1. The van der Waals surface area contributed by atoms with Crippen molar-refractivity contribution in [3.05, 3.63) is 41.8 Å². The first-order valence-electron chi connectivity index (χ1n) is 8.13. The monoisotopic (exact) mass is 376 g/mol. The summed E-state index contributed by atoms with van der Waals surface area (Å²) in [6, 6.07) is 6.74. The van der Waals surface area contributed by atoms with Crippen LogP contribution in [0.15, 0.2) is 34.8 Å². The van der Waals surface area contributed by atoms with Crippen molar-refractivity contribution in [2.75, 3.05) is 18.5 Å². The van der Waals surface area contributed by atoms with Crippen molar-refractivity contribution in [2.45, 2.75) is 29.0 Å². The number of fused-ring (bicyclic) bond motifs is 1. The Morgan fingerprint density at radius 1 is 1.36 bits per heavy atom. The van der Waals surface area contributed by atoms with E-state index in [0.29, 0.717) is 5.75 Å². The Bertz CT molecular complexity index is 867. The molecule has 1 N–H and O–H groups in total. The summed E-state index contributed by atoms with van der Waals surface area (Å²) < 4.78 is 20.2. The Kier molecular flexibility index (Phi) is 5.09. The maximum atomic E-state index is 13.8. The fourth-order valence-corrected chi connectivity index (χ4v) is 4.55. The lowest BCUT2D eigenvalue weighted by Crippen LogP contribution is -2.18. The molecule has 1 aliphatic rings. The molecule has 0 bridgehead atoms. The molecule has 0 radical (unpaired) electrons. The van der Waals surface area contributed by atoms with E-state index in [0.717, 1.165) is 51.9 Å². The molecule has 8 heteroatoms. The summed E-state index contributed by atoms with van der Waals surface area (Å²) in [5.41, 5.74) is 1.70. The molecular weight excluding hydrogens is 359 g/mol. The second-order valence-electron chi connectivity index (χ2n) is 5.82. The Morgan fingerprint density at radius 3 is 3.20 bits per heavy atom. The lowest BCUT2D eigenvalue weighted by molar-refractivity contribution is 0.120. The zero-order valence-electron chi connectivity index (χ0n) is 13.4. The van der Waals surface area contributed by atoms with Gasteiger partial charge >= 0.3 is 0 Å². The lowest BCUT2D eigenvalue weighted by Gasteiger charge is -2.08. The van der Waals surface area contributed by atoms with Gasteiger partial charge < -0.3 is 10.1 Å². The van der Waals surface area contributed by atoms with E-state index in [2.05, 4.69) is 20.5 Å². The van der Waals surface area contributed by atoms with Crippen molar-refractivity contribution in [1.82, 2.24) is 15.2 Å². The fraction of sp³-hybridized carbons (Fsp3) is 0.353. The highest BCUT2D eigenvalue weighted by molar-refractivity contribution is 8.00. The van der Waals surface area contributed by atoms with Gasteiger partial charge in [-0.3, -0.25) is 4.98 Å². The zero-order valence-corrected chi connectivity index (χ0v) is 15.1.